The van der Waals surface area contributed by atoms with Crippen LogP contribution in [0.5, 0.6) is 5.06 Å². The Morgan fingerprint density at radius 3 is 2.27 bits per heavy atom. The average Bonchev–Trinajstić information content (AvgIpc) is 3.02. The zero-order chi connectivity index (χ0) is 18.1. The molecule has 2 aromatic carbocycles. The van der Waals surface area contributed by atoms with Gasteiger partial charge in [-0.2, -0.15) is 0 Å². The van der Waals surface area contributed by atoms with Gasteiger partial charge in [-0.25, -0.2) is 8.78 Å². The second kappa shape index (κ2) is 7.20. The molecule has 1 saturated carbocycles. The van der Waals surface area contributed by atoms with Crippen LogP contribution in [0.2, 0.25) is 0 Å². The molecule has 0 spiro atoms. The van der Waals surface area contributed by atoms with E-state index in [0.29, 0.717) is 28.0 Å². The van der Waals surface area contributed by atoms with Gasteiger partial charge in [-0.15, -0.1) is 0 Å². The van der Waals surface area contributed by atoms with Crippen LogP contribution in [0.15, 0.2) is 48.5 Å². The minimum atomic E-state index is -0.548. The highest BCUT2D eigenvalue weighted by Crippen LogP contribution is 2.38. The van der Waals surface area contributed by atoms with E-state index < -0.39 is 11.6 Å². The Labute approximate surface area is 156 Å². The van der Waals surface area contributed by atoms with Crippen molar-refractivity contribution in [3.63, 3.8) is 0 Å². The third-order valence-electron chi connectivity index (χ3n) is 4.94. The quantitative estimate of drug-likeness (QED) is 0.477. The molecule has 0 N–H and O–H groups in total. The highest BCUT2D eigenvalue weighted by Gasteiger charge is 2.19. The lowest BCUT2D eigenvalue weighted by Crippen LogP contribution is -2.18. The third-order valence-corrected chi connectivity index (χ3v) is 5.96. The highest BCUT2D eigenvalue weighted by atomic mass is 32.1. The Hall–Kier alpha value is -2.20. The first kappa shape index (κ1) is 17.2. The molecule has 0 aliphatic heterocycles. The summed E-state index contributed by atoms with van der Waals surface area (Å²) >= 11 is 1.29. The molecule has 1 nitrogen and oxygen atoms in total. The lowest BCUT2D eigenvalue weighted by molar-refractivity contribution is 0.184. The van der Waals surface area contributed by atoms with Crippen LogP contribution >= 0.6 is 11.3 Å². The first-order chi connectivity index (χ1) is 12.6. The van der Waals surface area contributed by atoms with Crippen LogP contribution in [-0.2, 0) is 0 Å². The summed E-state index contributed by atoms with van der Waals surface area (Å²) in [5, 5.41) is 0.716. The third kappa shape index (κ3) is 3.51. The van der Waals surface area contributed by atoms with Crippen molar-refractivity contribution in [1.82, 2.24) is 0 Å². The average molecular weight is 370 g/mol. The Balaban J connectivity index is 1.58. The molecule has 0 radical (unpaired) electrons. The first-order valence-corrected chi connectivity index (χ1v) is 9.71. The van der Waals surface area contributed by atoms with Crippen molar-refractivity contribution >= 4 is 11.3 Å². The van der Waals surface area contributed by atoms with Crippen molar-refractivity contribution in [2.45, 2.75) is 26.2 Å². The SMILES string of the molecule is Cc1ccc(-c2cc(F)c(-c3ccc(OCC4CCC4)s3)c(F)c2)cc1. The number of rotatable bonds is 5. The maximum absolute atomic E-state index is 14.7. The van der Waals surface area contributed by atoms with Gasteiger partial charge in [0, 0.05) is 4.88 Å². The van der Waals surface area contributed by atoms with Gasteiger partial charge < -0.3 is 4.74 Å². The molecule has 4 heteroatoms. The van der Waals surface area contributed by atoms with Crippen molar-refractivity contribution in [2.75, 3.05) is 6.61 Å². The molecule has 134 valence electrons. The van der Waals surface area contributed by atoms with Gasteiger partial charge in [-0.1, -0.05) is 47.6 Å². The second-order valence-corrected chi connectivity index (χ2v) is 7.95. The van der Waals surface area contributed by atoms with Gasteiger partial charge in [0.2, 0.25) is 0 Å². The molecule has 3 aromatic rings. The Morgan fingerprint density at radius 1 is 0.962 bits per heavy atom. The number of aryl methyl sites for hydroxylation is 1. The zero-order valence-electron chi connectivity index (χ0n) is 14.6. The molecule has 26 heavy (non-hydrogen) atoms. The summed E-state index contributed by atoms with van der Waals surface area (Å²) in [6, 6.07) is 13.9. The molecule has 0 saturated heterocycles. The molecule has 0 unspecified atom stereocenters. The number of hydrogen-bond donors (Lipinski definition) is 0. The van der Waals surface area contributed by atoms with Gasteiger partial charge in [0.15, 0.2) is 5.06 Å². The van der Waals surface area contributed by atoms with Crippen molar-refractivity contribution in [1.29, 1.82) is 0 Å². The number of benzene rings is 2. The lowest BCUT2D eigenvalue weighted by atomic mass is 9.86. The maximum atomic E-state index is 14.7. The first-order valence-electron chi connectivity index (χ1n) is 8.89. The molecule has 1 heterocycles. The predicted octanol–water partition coefficient (Wildman–Crippen LogP) is 6.85. The van der Waals surface area contributed by atoms with E-state index in [-0.39, 0.29) is 5.56 Å². The van der Waals surface area contributed by atoms with Crippen molar-refractivity contribution < 1.29 is 13.5 Å². The molecule has 0 atom stereocenters. The molecule has 1 aliphatic carbocycles. The zero-order valence-corrected chi connectivity index (χ0v) is 15.4. The van der Waals surface area contributed by atoms with E-state index >= 15 is 0 Å². The van der Waals surface area contributed by atoms with E-state index in [1.54, 1.807) is 12.1 Å². The molecule has 1 fully saturated rings. The smallest absolute Gasteiger partial charge is 0.174 e. The van der Waals surface area contributed by atoms with Crippen LogP contribution in [0, 0.1) is 24.5 Å². The molecule has 0 amide bonds. The van der Waals surface area contributed by atoms with E-state index in [1.807, 2.05) is 31.2 Å². The standard InChI is InChI=1S/C22H20F2OS/c1-14-5-7-16(8-6-14)17-11-18(23)22(19(24)12-17)20-9-10-21(26-20)25-13-15-3-2-4-15/h5-12,15H,2-4,13H2,1H3. The van der Waals surface area contributed by atoms with E-state index in [9.17, 15) is 8.78 Å². The summed E-state index contributed by atoms with van der Waals surface area (Å²) < 4.78 is 35.1. The Bertz CT molecular complexity index is 887. The van der Waals surface area contributed by atoms with Gasteiger partial charge in [0.1, 0.15) is 11.6 Å². The van der Waals surface area contributed by atoms with Crippen LogP contribution in [0.3, 0.4) is 0 Å². The van der Waals surface area contributed by atoms with Crippen LogP contribution in [0.1, 0.15) is 24.8 Å². The van der Waals surface area contributed by atoms with Gasteiger partial charge >= 0.3 is 0 Å². The van der Waals surface area contributed by atoms with Crippen molar-refractivity contribution in [3.05, 3.63) is 65.7 Å². The van der Waals surface area contributed by atoms with Crippen LogP contribution in [-0.4, -0.2) is 6.61 Å². The summed E-state index contributed by atoms with van der Waals surface area (Å²) in [7, 11) is 0. The van der Waals surface area contributed by atoms with Gasteiger partial charge in [-0.05, 0) is 61.1 Å². The fourth-order valence-electron chi connectivity index (χ4n) is 3.11. The normalized spacial score (nSPS) is 14.3. The molecular formula is C22H20F2OS. The lowest BCUT2D eigenvalue weighted by Gasteiger charge is -2.24. The summed E-state index contributed by atoms with van der Waals surface area (Å²) in [4.78, 5) is 0.555. The number of ether oxygens (including phenoxy) is 1. The second-order valence-electron chi connectivity index (χ2n) is 6.91. The Kier molecular flexibility index (Phi) is 4.77. The Morgan fingerprint density at radius 2 is 1.65 bits per heavy atom. The molecule has 1 aliphatic rings. The number of thiophene rings is 1. The monoisotopic (exact) mass is 370 g/mol. The fraction of sp³-hybridized carbons (Fsp3) is 0.273. The minimum Gasteiger partial charge on any atom is -0.484 e. The van der Waals surface area contributed by atoms with Crippen LogP contribution in [0.25, 0.3) is 21.6 Å². The summed E-state index contributed by atoms with van der Waals surface area (Å²) in [5.74, 6) is -0.469. The summed E-state index contributed by atoms with van der Waals surface area (Å²) in [5.41, 5.74) is 2.47. The van der Waals surface area contributed by atoms with Gasteiger partial charge in [0.05, 0.1) is 12.2 Å². The number of hydrogen-bond acceptors (Lipinski definition) is 2. The minimum absolute atomic E-state index is 0.0179. The van der Waals surface area contributed by atoms with Crippen molar-refractivity contribution in [2.24, 2.45) is 5.92 Å². The number of halogens is 2. The highest BCUT2D eigenvalue weighted by molar-refractivity contribution is 7.17. The van der Waals surface area contributed by atoms with Gasteiger partial charge in [-0.3, -0.25) is 0 Å². The van der Waals surface area contributed by atoms with E-state index in [0.717, 1.165) is 11.1 Å². The molecule has 1 aromatic heterocycles. The molecule has 0 bridgehead atoms. The van der Waals surface area contributed by atoms with E-state index in [4.69, 9.17) is 4.74 Å². The van der Waals surface area contributed by atoms with E-state index in [1.165, 1.54) is 42.7 Å². The van der Waals surface area contributed by atoms with Gasteiger partial charge in [0.25, 0.3) is 0 Å². The van der Waals surface area contributed by atoms with Crippen LogP contribution in [0.4, 0.5) is 8.78 Å². The van der Waals surface area contributed by atoms with E-state index in [2.05, 4.69) is 0 Å². The predicted molar refractivity (Wildman–Crippen MR) is 103 cm³/mol. The topological polar surface area (TPSA) is 9.23 Å². The fourth-order valence-corrected chi connectivity index (χ4v) is 4.03. The molecular weight excluding hydrogens is 350 g/mol. The maximum Gasteiger partial charge on any atom is 0.174 e. The summed E-state index contributed by atoms with van der Waals surface area (Å²) in [6.45, 7) is 2.67. The molecule has 4 rings (SSSR count). The van der Waals surface area contributed by atoms with Crippen LogP contribution < -0.4 is 4.74 Å². The van der Waals surface area contributed by atoms with Crippen molar-refractivity contribution in [3.8, 4) is 26.6 Å². The largest absolute Gasteiger partial charge is 0.484 e. The summed E-state index contributed by atoms with van der Waals surface area (Å²) in [6.07, 6.45) is 3.69.